The molecule has 96 valence electrons. The number of nitrogens with zero attached hydrogens (tertiary/aromatic N) is 1. The molecule has 0 unspecified atom stereocenters. The molecule has 0 aliphatic carbocycles. The Bertz CT molecular complexity index is 563. The summed E-state index contributed by atoms with van der Waals surface area (Å²) in [7, 11) is 0. The molecule has 6 heteroatoms. The lowest BCUT2D eigenvalue weighted by atomic mass is 9.90. The zero-order chi connectivity index (χ0) is 12.6. The predicted octanol–water partition coefficient (Wildman–Crippen LogP) is 3.05. The molecule has 1 fully saturated rings. The molecular formula is C12H12ClNO2S2. The van der Waals surface area contributed by atoms with E-state index in [2.05, 4.69) is 4.98 Å². The van der Waals surface area contributed by atoms with Gasteiger partial charge in [0.15, 0.2) is 4.34 Å². The van der Waals surface area contributed by atoms with E-state index in [1.807, 2.05) is 18.2 Å². The maximum absolute atomic E-state index is 9.36. The van der Waals surface area contributed by atoms with Gasteiger partial charge in [0.1, 0.15) is 0 Å². The Labute approximate surface area is 118 Å². The molecule has 2 heterocycles. The van der Waals surface area contributed by atoms with Crippen molar-refractivity contribution in [3.8, 4) is 0 Å². The van der Waals surface area contributed by atoms with E-state index in [4.69, 9.17) is 16.3 Å². The molecule has 0 saturated carbocycles. The summed E-state index contributed by atoms with van der Waals surface area (Å²) in [6.45, 7) is 1.47. The third kappa shape index (κ3) is 2.38. The van der Waals surface area contributed by atoms with Crippen LogP contribution in [-0.4, -0.2) is 35.7 Å². The van der Waals surface area contributed by atoms with Crippen molar-refractivity contribution in [3.63, 3.8) is 0 Å². The number of thiazole rings is 1. The maximum atomic E-state index is 9.36. The van der Waals surface area contributed by atoms with Crippen molar-refractivity contribution in [2.45, 2.75) is 4.34 Å². The summed E-state index contributed by atoms with van der Waals surface area (Å²) in [5.74, 6) is 0.844. The minimum absolute atomic E-state index is 0.0693. The predicted molar refractivity (Wildman–Crippen MR) is 75.7 cm³/mol. The van der Waals surface area contributed by atoms with E-state index in [-0.39, 0.29) is 12.0 Å². The summed E-state index contributed by atoms with van der Waals surface area (Å²) in [6, 6.07) is 5.75. The van der Waals surface area contributed by atoms with E-state index < -0.39 is 0 Å². The van der Waals surface area contributed by atoms with E-state index >= 15 is 0 Å². The number of aliphatic hydroxyl groups excluding tert-OH is 1. The van der Waals surface area contributed by atoms with E-state index in [1.165, 1.54) is 0 Å². The standard InChI is InChI=1S/C12H12ClNO2S2/c13-8-1-2-10-9(3-8)14-11(18-10)17-7-12(4-15)5-16-6-12/h1-3,15H,4-7H2. The Morgan fingerprint density at radius 2 is 2.33 bits per heavy atom. The summed E-state index contributed by atoms with van der Waals surface area (Å²) in [6.07, 6.45) is 0. The van der Waals surface area contributed by atoms with Crippen LogP contribution in [0, 0.1) is 5.41 Å². The summed E-state index contributed by atoms with van der Waals surface area (Å²) >= 11 is 9.29. The summed E-state index contributed by atoms with van der Waals surface area (Å²) in [5, 5.41) is 10.1. The normalized spacial score (nSPS) is 17.9. The van der Waals surface area contributed by atoms with Crippen LogP contribution in [0.15, 0.2) is 22.5 Å². The average Bonchev–Trinajstić information content (AvgIpc) is 2.70. The fourth-order valence-electron chi connectivity index (χ4n) is 1.77. The van der Waals surface area contributed by atoms with Gasteiger partial charge < -0.3 is 9.84 Å². The van der Waals surface area contributed by atoms with Gasteiger partial charge in [0.05, 0.1) is 30.0 Å². The minimum Gasteiger partial charge on any atom is -0.396 e. The zero-order valence-corrected chi connectivity index (χ0v) is 11.9. The molecule has 0 bridgehead atoms. The molecule has 2 aromatic rings. The van der Waals surface area contributed by atoms with Crippen LogP contribution < -0.4 is 0 Å². The SMILES string of the molecule is OCC1(CSc2nc3cc(Cl)ccc3s2)COC1. The average molecular weight is 302 g/mol. The molecule has 0 atom stereocenters. The van der Waals surface area contributed by atoms with Crippen molar-refractivity contribution < 1.29 is 9.84 Å². The Hall–Kier alpha value is -0.330. The molecule has 1 aromatic carbocycles. The van der Waals surface area contributed by atoms with Gasteiger partial charge in [-0.15, -0.1) is 11.3 Å². The lowest BCUT2D eigenvalue weighted by molar-refractivity contribution is -0.121. The number of ether oxygens (including phenoxy) is 1. The first-order valence-electron chi connectivity index (χ1n) is 5.58. The Balaban J connectivity index is 1.74. The Morgan fingerprint density at radius 3 is 3.00 bits per heavy atom. The molecule has 1 aromatic heterocycles. The molecule has 0 amide bonds. The van der Waals surface area contributed by atoms with Crippen LogP contribution in [0.5, 0.6) is 0 Å². The van der Waals surface area contributed by atoms with Crippen molar-refractivity contribution in [3.05, 3.63) is 23.2 Å². The van der Waals surface area contributed by atoms with Gasteiger partial charge in [-0.3, -0.25) is 0 Å². The van der Waals surface area contributed by atoms with E-state index in [1.54, 1.807) is 23.1 Å². The lowest BCUT2D eigenvalue weighted by Gasteiger charge is -2.39. The van der Waals surface area contributed by atoms with Crippen molar-refractivity contribution in [2.75, 3.05) is 25.6 Å². The molecule has 3 nitrogen and oxygen atoms in total. The number of aliphatic hydroxyl groups is 1. The third-order valence-corrected chi connectivity index (χ3v) is 5.75. The van der Waals surface area contributed by atoms with Crippen LogP contribution in [0.4, 0.5) is 0 Å². The molecule has 0 radical (unpaired) electrons. The Kier molecular flexibility index (Phi) is 3.51. The molecule has 3 rings (SSSR count). The summed E-state index contributed by atoms with van der Waals surface area (Å²) < 4.78 is 7.35. The van der Waals surface area contributed by atoms with Gasteiger partial charge in [-0.1, -0.05) is 23.4 Å². The second-order valence-corrected chi connectivity index (χ2v) is 7.22. The van der Waals surface area contributed by atoms with Crippen molar-refractivity contribution in [1.82, 2.24) is 4.98 Å². The van der Waals surface area contributed by atoms with Crippen molar-refractivity contribution in [2.24, 2.45) is 5.41 Å². The number of thioether (sulfide) groups is 1. The van der Waals surface area contributed by atoms with Gasteiger partial charge in [-0.2, -0.15) is 0 Å². The highest BCUT2D eigenvalue weighted by Gasteiger charge is 2.38. The first-order chi connectivity index (χ1) is 8.71. The van der Waals surface area contributed by atoms with Gasteiger partial charge in [0, 0.05) is 16.2 Å². The summed E-state index contributed by atoms with van der Waals surface area (Å²) in [4.78, 5) is 4.54. The van der Waals surface area contributed by atoms with Gasteiger partial charge in [0.2, 0.25) is 0 Å². The lowest BCUT2D eigenvalue weighted by Crippen LogP contribution is -2.47. The fraction of sp³-hybridized carbons (Fsp3) is 0.417. The smallest absolute Gasteiger partial charge is 0.151 e. The second kappa shape index (κ2) is 4.98. The van der Waals surface area contributed by atoms with Crippen molar-refractivity contribution >= 4 is 44.9 Å². The monoisotopic (exact) mass is 301 g/mol. The zero-order valence-electron chi connectivity index (χ0n) is 9.56. The molecule has 18 heavy (non-hydrogen) atoms. The molecule has 0 spiro atoms. The highest BCUT2D eigenvalue weighted by molar-refractivity contribution is 8.01. The maximum Gasteiger partial charge on any atom is 0.151 e. The van der Waals surface area contributed by atoms with Crippen molar-refractivity contribution in [1.29, 1.82) is 0 Å². The molecular weight excluding hydrogens is 290 g/mol. The molecule has 1 aliphatic rings. The fourth-order valence-corrected chi connectivity index (χ4v) is 4.14. The van der Waals surface area contributed by atoms with Crippen LogP contribution >= 0.6 is 34.7 Å². The third-order valence-electron chi connectivity index (χ3n) is 2.98. The molecule has 1 N–H and O–H groups in total. The number of hydrogen-bond acceptors (Lipinski definition) is 5. The van der Waals surface area contributed by atoms with Crippen LogP contribution in [0.2, 0.25) is 5.02 Å². The number of hydrogen-bond donors (Lipinski definition) is 1. The number of aromatic nitrogens is 1. The molecule has 1 saturated heterocycles. The quantitative estimate of drug-likeness (QED) is 0.882. The van der Waals surface area contributed by atoms with Gasteiger partial charge >= 0.3 is 0 Å². The van der Waals surface area contributed by atoms with E-state index in [0.717, 1.165) is 20.3 Å². The second-order valence-electron chi connectivity index (χ2n) is 4.53. The van der Waals surface area contributed by atoms with Crippen LogP contribution in [0.3, 0.4) is 0 Å². The minimum atomic E-state index is -0.0693. The van der Waals surface area contributed by atoms with Crippen LogP contribution in [0.1, 0.15) is 0 Å². The van der Waals surface area contributed by atoms with Gasteiger partial charge in [-0.25, -0.2) is 4.98 Å². The highest BCUT2D eigenvalue weighted by Crippen LogP contribution is 2.37. The van der Waals surface area contributed by atoms with Crippen LogP contribution in [-0.2, 0) is 4.74 Å². The van der Waals surface area contributed by atoms with Gasteiger partial charge in [0.25, 0.3) is 0 Å². The highest BCUT2D eigenvalue weighted by atomic mass is 35.5. The van der Waals surface area contributed by atoms with E-state index in [0.29, 0.717) is 18.2 Å². The largest absolute Gasteiger partial charge is 0.396 e. The number of halogens is 1. The van der Waals surface area contributed by atoms with E-state index in [9.17, 15) is 5.11 Å². The number of fused-ring (bicyclic) bond motifs is 1. The topological polar surface area (TPSA) is 42.4 Å². The summed E-state index contributed by atoms with van der Waals surface area (Å²) in [5.41, 5.74) is 0.873. The molecule has 1 aliphatic heterocycles. The Morgan fingerprint density at radius 1 is 1.50 bits per heavy atom. The number of benzene rings is 1. The first-order valence-corrected chi connectivity index (χ1v) is 7.76. The number of rotatable bonds is 4. The first kappa shape index (κ1) is 12.7. The van der Waals surface area contributed by atoms with Gasteiger partial charge in [-0.05, 0) is 18.2 Å². The van der Waals surface area contributed by atoms with Crippen LogP contribution in [0.25, 0.3) is 10.2 Å².